The van der Waals surface area contributed by atoms with E-state index in [1.165, 1.54) is 0 Å². The van der Waals surface area contributed by atoms with Gasteiger partial charge in [0.15, 0.2) is 0 Å². The Hall–Kier alpha value is -2.49. The van der Waals surface area contributed by atoms with Gasteiger partial charge in [-0.3, -0.25) is 0 Å². The van der Waals surface area contributed by atoms with E-state index in [0.717, 1.165) is 41.0 Å². The third kappa shape index (κ3) is 3.47. The molecule has 0 fully saturated rings. The summed E-state index contributed by atoms with van der Waals surface area (Å²) in [5.74, 6) is 0.915. The van der Waals surface area contributed by atoms with Gasteiger partial charge in [0.1, 0.15) is 12.4 Å². The highest BCUT2D eigenvalue weighted by molar-refractivity contribution is 5.91. The van der Waals surface area contributed by atoms with Crippen molar-refractivity contribution < 1.29 is 9.53 Å². The van der Waals surface area contributed by atoms with E-state index in [9.17, 15) is 4.79 Å². The molecular weight excluding hydrogens is 288 g/mol. The summed E-state index contributed by atoms with van der Waals surface area (Å²) in [4.78, 5) is 12.3. The largest absolute Gasteiger partial charge is 0.491 e. The molecule has 0 saturated heterocycles. The van der Waals surface area contributed by atoms with Crippen LogP contribution in [0.1, 0.15) is 23.6 Å². The summed E-state index contributed by atoms with van der Waals surface area (Å²) in [5, 5.41) is 6.01. The lowest BCUT2D eigenvalue weighted by Gasteiger charge is -2.26. The average molecular weight is 310 g/mol. The number of amides is 2. The molecule has 2 aromatic rings. The second-order valence-electron chi connectivity index (χ2n) is 5.88. The van der Waals surface area contributed by atoms with E-state index >= 15 is 0 Å². The molecule has 1 aliphatic rings. The molecule has 0 aromatic heterocycles. The molecule has 120 valence electrons. The maximum absolute atomic E-state index is 12.3. The zero-order valence-corrected chi connectivity index (χ0v) is 13.6. The van der Waals surface area contributed by atoms with Crippen LogP contribution in [0, 0.1) is 6.92 Å². The lowest BCUT2D eigenvalue weighted by Crippen LogP contribution is -2.44. The number of urea groups is 1. The summed E-state index contributed by atoms with van der Waals surface area (Å²) < 4.78 is 5.71. The Labute approximate surface area is 136 Å². The molecule has 2 N–H and O–H groups in total. The van der Waals surface area contributed by atoms with E-state index < -0.39 is 0 Å². The predicted molar refractivity (Wildman–Crippen MR) is 92.1 cm³/mol. The van der Waals surface area contributed by atoms with Gasteiger partial charge in [0, 0.05) is 5.69 Å². The van der Waals surface area contributed by atoms with Crippen molar-refractivity contribution in [2.24, 2.45) is 0 Å². The minimum Gasteiger partial charge on any atom is -0.491 e. The normalized spacial score (nSPS) is 16.2. The van der Waals surface area contributed by atoms with E-state index in [1.54, 1.807) is 0 Å². The number of anilines is 1. The molecule has 4 heteroatoms. The summed E-state index contributed by atoms with van der Waals surface area (Å²) in [6.07, 6.45) is 1.68. The molecule has 4 nitrogen and oxygen atoms in total. The van der Waals surface area contributed by atoms with Crippen LogP contribution in [0.4, 0.5) is 10.5 Å². The third-order valence-corrected chi connectivity index (χ3v) is 4.19. The molecule has 23 heavy (non-hydrogen) atoms. The lowest BCUT2D eigenvalue weighted by atomic mass is 10.0. The van der Waals surface area contributed by atoms with Crippen LogP contribution in [0.5, 0.6) is 5.75 Å². The molecule has 0 unspecified atom stereocenters. The van der Waals surface area contributed by atoms with Crippen LogP contribution < -0.4 is 15.4 Å². The van der Waals surface area contributed by atoms with Crippen molar-refractivity contribution in [2.45, 2.75) is 32.7 Å². The van der Waals surface area contributed by atoms with E-state index in [-0.39, 0.29) is 12.1 Å². The first kappa shape index (κ1) is 15.4. The Morgan fingerprint density at radius 2 is 2.04 bits per heavy atom. The topological polar surface area (TPSA) is 50.4 Å². The summed E-state index contributed by atoms with van der Waals surface area (Å²) in [7, 11) is 0. The van der Waals surface area contributed by atoms with Crippen LogP contribution >= 0.6 is 0 Å². The smallest absolute Gasteiger partial charge is 0.319 e. The Morgan fingerprint density at radius 1 is 1.22 bits per heavy atom. The molecule has 2 aromatic carbocycles. The number of carbonyl (C=O) groups is 1. The van der Waals surface area contributed by atoms with Crippen LogP contribution in [0.2, 0.25) is 0 Å². The van der Waals surface area contributed by atoms with Crippen molar-refractivity contribution in [2.75, 3.05) is 11.9 Å². The fourth-order valence-corrected chi connectivity index (χ4v) is 2.96. The molecular formula is C19H22N2O2. The van der Waals surface area contributed by atoms with Crippen molar-refractivity contribution in [1.29, 1.82) is 0 Å². The number of benzene rings is 2. The highest BCUT2D eigenvalue weighted by Gasteiger charge is 2.21. The second-order valence-corrected chi connectivity index (χ2v) is 5.88. The fraction of sp³-hybridized carbons (Fsp3) is 0.316. The summed E-state index contributed by atoms with van der Waals surface area (Å²) in [5.41, 5.74) is 4.26. The van der Waals surface area contributed by atoms with Gasteiger partial charge in [0.05, 0.1) is 6.04 Å². The highest BCUT2D eigenvalue weighted by atomic mass is 16.5. The van der Waals surface area contributed by atoms with Gasteiger partial charge in [-0.05, 0) is 42.5 Å². The van der Waals surface area contributed by atoms with E-state index in [1.807, 2.05) is 49.4 Å². The standard InChI is InChI=1S/C19H22N2O2/c1-3-14-9-6-7-13(2)18(14)21-19(22)20-16-11-15-8-4-5-10-17(15)23-12-16/h4-10,16H,3,11-12H2,1-2H3,(H2,20,21,22)/t16-/m1/s1. The molecule has 1 aliphatic heterocycles. The Balaban J connectivity index is 1.65. The highest BCUT2D eigenvalue weighted by Crippen LogP contribution is 2.24. The first-order chi connectivity index (χ1) is 11.2. The van der Waals surface area contributed by atoms with Gasteiger partial charge in [0.25, 0.3) is 0 Å². The zero-order chi connectivity index (χ0) is 16.2. The van der Waals surface area contributed by atoms with Gasteiger partial charge in [-0.15, -0.1) is 0 Å². The monoisotopic (exact) mass is 310 g/mol. The number of hydrogen-bond donors (Lipinski definition) is 2. The maximum atomic E-state index is 12.3. The first-order valence-electron chi connectivity index (χ1n) is 8.04. The van der Waals surface area contributed by atoms with Crippen LogP contribution in [0.3, 0.4) is 0 Å². The van der Waals surface area contributed by atoms with Crippen molar-refractivity contribution >= 4 is 11.7 Å². The minimum absolute atomic E-state index is 0.0148. The fourth-order valence-electron chi connectivity index (χ4n) is 2.96. The Kier molecular flexibility index (Phi) is 4.51. The molecule has 0 bridgehead atoms. The van der Waals surface area contributed by atoms with Gasteiger partial charge >= 0.3 is 6.03 Å². The van der Waals surface area contributed by atoms with E-state index in [4.69, 9.17) is 4.74 Å². The summed E-state index contributed by atoms with van der Waals surface area (Å²) in [6, 6.07) is 13.8. The van der Waals surface area contributed by atoms with Gasteiger partial charge in [-0.2, -0.15) is 0 Å². The number of carbonyl (C=O) groups excluding carboxylic acids is 1. The minimum atomic E-state index is -0.179. The number of hydrogen-bond acceptors (Lipinski definition) is 2. The van der Waals surface area contributed by atoms with E-state index in [2.05, 4.69) is 17.6 Å². The Morgan fingerprint density at radius 3 is 2.87 bits per heavy atom. The first-order valence-corrected chi connectivity index (χ1v) is 8.04. The molecule has 0 spiro atoms. The quantitative estimate of drug-likeness (QED) is 0.908. The molecule has 2 amide bonds. The third-order valence-electron chi connectivity index (χ3n) is 4.19. The van der Waals surface area contributed by atoms with Crippen LogP contribution in [0.25, 0.3) is 0 Å². The van der Waals surface area contributed by atoms with Gasteiger partial charge in [0.2, 0.25) is 0 Å². The van der Waals surface area contributed by atoms with Crippen LogP contribution in [-0.4, -0.2) is 18.7 Å². The molecule has 1 atom stereocenters. The number of aryl methyl sites for hydroxylation is 2. The second kappa shape index (κ2) is 6.73. The average Bonchev–Trinajstić information content (AvgIpc) is 2.56. The van der Waals surface area contributed by atoms with Crippen LogP contribution in [-0.2, 0) is 12.8 Å². The number of ether oxygens (including phenoxy) is 1. The predicted octanol–water partition coefficient (Wildman–Crippen LogP) is 3.68. The molecule has 0 radical (unpaired) electrons. The van der Waals surface area contributed by atoms with Gasteiger partial charge < -0.3 is 15.4 Å². The molecule has 0 aliphatic carbocycles. The number of rotatable bonds is 3. The Bertz CT molecular complexity index is 712. The summed E-state index contributed by atoms with van der Waals surface area (Å²) >= 11 is 0. The van der Waals surface area contributed by atoms with Gasteiger partial charge in [-0.25, -0.2) is 4.79 Å². The number of para-hydroxylation sites is 2. The van der Waals surface area contributed by atoms with Crippen molar-refractivity contribution in [3.8, 4) is 5.75 Å². The zero-order valence-electron chi connectivity index (χ0n) is 13.6. The number of fused-ring (bicyclic) bond motifs is 1. The van der Waals surface area contributed by atoms with Crippen molar-refractivity contribution in [3.05, 3.63) is 59.2 Å². The molecule has 1 heterocycles. The van der Waals surface area contributed by atoms with Gasteiger partial charge in [-0.1, -0.05) is 43.3 Å². The molecule has 3 rings (SSSR count). The lowest BCUT2D eigenvalue weighted by molar-refractivity contribution is 0.222. The maximum Gasteiger partial charge on any atom is 0.319 e. The summed E-state index contributed by atoms with van der Waals surface area (Å²) in [6.45, 7) is 4.59. The van der Waals surface area contributed by atoms with Crippen LogP contribution in [0.15, 0.2) is 42.5 Å². The SMILES string of the molecule is CCc1cccc(C)c1NC(=O)N[C@H]1COc2ccccc2C1. The number of nitrogens with one attached hydrogen (secondary N) is 2. The molecule has 0 saturated carbocycles. The van der Waals surface area contributed by atoms with Crippen molar-refractivity contribution in [3.63, 3.8) is 0 Å². The van der Waals surface area contributed by atoms with Crippen molar-refractivity contribution in [1.82, 2.24) is 5.32 Å². The van der Waals surface area contributed by atoms with E-state index in [0.29, 0.717) is 6.61 Å².